The summed E-state index contributed by atoms with van der Waals surface area (Å²) in [4.78, 5) is 23.0. The van der Waals surface area contributed by atoms with Crippen LogP contribution in [0.1, 0.15) is 23.3 Å². The van der Waals surface area contributed by atoms with E-state index in [1.165, 1.54) is 10.6 Å². The van der Waals surface area contributed by atoms with E-state index >= 15 is 0 Å². The summed E-state index contributed by atoms with van der Waals surface area (Å²) in [5.74, 6) is -0.224. The van der Waals surface area contributed by atoms with Crippen LogP contribution in [-0.2, 0) is 11.8 Å². The maximum Gasteiger partial charge on any atom is 0.268 e. The maximum atomic E-state index is 12.0. The van der Waals surface area contributed by atoms with E-state index in [4.69, 9.17) is 23.2 Å². The molecule has 1 aliphatic heterocycles. The molecule has 5 nitrogen and oxygen atoms in total. The van der Waals surface area contributed by atoms with Crippen LogP contribution in [0.15, 0.2) is 6.07 Å². The van der Waals surface area contributed by atoms with Crippen LogP contribution in [0.5, 0.6) is 0 Å². The van der Waals surface area contributed by atoms with Gasteiger partial charge >= 0.3 is 0 Å². The average molecular weight is 290 g/mol. The molecule has 1 aromatic rings. The monoisotopic (exact) mass is 289 g/mol. The topological polar surface area (TPSA) is 63.1 Å². The number of hydrogen-bond donors (Lipinski definition) is 2. The molecule has 1 saturated heterocycles. The molecule has 0 radical (unpaired) electrons. The van der Waals surface area contributed by atoms with Gasteiger partial charge in [-0.2, -0.15) is 0 Å². The van der Waals surface area contributed by atoms with Gasteiger partial charge in [0.2, 0.25) is 5.91 Å². The van der Waals surface area contributed by atoms with Gasteiger partial charge in [0.1, 0.15) is 10.8 Å². The summed E-state index contributed by atoms with van der Waals surface area (Å²) >= 11 is 11.7. The van der Waals surface area contributed by atoms with Crippen LogP contribution in [0.3, 0.4) is 0 Å². The summed E-state index contributed by atoms with van der Waals surface area (Å²) in [6.45, 7) is 0.455. The number of carbonyl (C=O) groups excluding carboxylic acids is 2. The highest BCUT2D eigenvalue weighted by Gasteiger charge is 2.22. The summed E-state index contributed by atoms with van der Waals surface area (Å²) in [6.07, 6.45) is 1.07. The van der Waals surface area contributed by atoms with Crippen molar-refractivity contribution in [1.82, 2.24) is 15.2 Å². The van der Waals surface area contributed by atoms with Crippen LogP contribution in [0.2, 0.25) is 10.2 Å². The van der Waals surface area contributed by atoms with Crippen molar-refractivity contribution in [3.63, 3.8) is 0 Å². The molecule has 0 saturated carbocycles. The lowest BCUT2D eigenvalue weighted by Crippen LogP contribution is -2.48. The van der Waals surface area contributed by atoms with Crippen molar-refractivity contribution >= 4 is 35.0 Å². The number of hydrogen-bond acceptors (Lipinski definition) is 2. The predicted octanol–water partition coefficient (Wildman–Crippen LogP) is 1.34. The number of carbonyl (C=O) groups is 2. The Hall–Kier alpha value is -1.20. The molecule has 0 aliphatic carbocycles. The normalized spacial score (nSPS) is 19.5. The molecule has 1 unspecified atom stereocenters. The Balaban J connectivity index is 2.03. The summed E-state index contributed by atoms with van der Waals surface area (Å²) in [7, 11) is 1.67. The SMILES string of the molecule is Cn1c(C(=O)NC2CCC(=O)NC2)cc(Cl)c1Cl. The first-order valence-electron chi connectivity index (χ1n) is 5.57. The fourth-order valence-electron chi connectivity index (χ4n) is 1.88. The van der Waals surface area contributed by atoms with Crippen LogP contribution in [-0.4, -0.2) is 29.0 Å². The fourth-order valence-corrected chi connectivity index (χ4v) is 2.25. The predicted molar refractivity (Wildman–Crippen MR) is 68.9 cm³/mol. The van der Waals surface area contributed by atoms with Gasteiger partial charge in [0.05, 0.1) is 5.02 Å². The van der Waals surface area contributed by atoms with Crippen molar-refractivity contribution < 1.29 is 9.59 Å². The zero-order chi connectivity index (χ0) is 13.3. The second-order valence-corrected chi connectivity index (χ2v) is 5.01. The number of aromatic nitrogens is 1. The zero-order valence-corrected chi connectivity index (χ0v) is 11.3. The average Bonchev–Trinajstić information content (AvgIpc) is 2.60. The van der Waals surface area contributed by atoms with E-state index in [1.54, 1.807) is 7.05 Å². The van der Waals surface area contributed by atoms with Crippen molar-refractivity contribution in [2.24, 2.45) is 7.05 Å². The third-order valence-electron chi connectivity index (χ3n) is 2.95. The van der Waals surface area contributed by atoms with Crippen LogP contribution in [0, 0.1) is 0 Å². The number of piperidine rings is 1. The number of rotatable bonds is 2. The molecule has 1 fully saturated rings. The third-order valence-corrected chi connectivity index (χ3v) is 3.79. The van der Waals surface area contributed by atoms with Gasteiger partial charge < -0.3 is 15.2 Å². The quantitative estimate of drug-likeness (QED) is 0.863. The molecule has 2 heterocycles. The highest BCUT2D eigenvalue weighted by Crippen LogP contribution is 2.25. The Morgan fingerprint density at radius 1 is 1.56 bits per heavy atom. The van der Waals surface area contributed by atoms with Gasteiger partial charge in [-0.25, -0.2) is 0 Å². The molecule has 7 heteroatoms. The standard InChI is InChI=1S/C11H13Cl2N3O2/c1-16-8(4-7(12)10(16)13)11(18)15-6-2-3-9(17)14-5-6/h4,6H,2-3,5H2,1H3,(H,14,17)(H,15,18). The van der Waals surface area contributed by atoms with Crippen LogP contribution < -0.4 is 10.6 Å². The lowest BCUT2D eigenvalue weighted by molar-refractivity contribution is -0.122. The van der Waals surface area contributed by atoms with Gasteiger partial charge in [-0.15, -0.1) is 0 Å². The fraction of sp³-hybridized carbons (Fsp3) is 0.455. The molecule has 0 spiro atoms. The highest BCUT2D eigenvalue weighted by molar-refractivity contribution is 6.41. The molecule has 18 heavy (non-hydrogen) atoms. The minimum absolute atomic E-state index is 0.0189. The third kappa shape index (κ3) is 2.62. The minimum Gasteiger partial charge on any atom is -0.354 e. The van der Waals surface area contributed by atoms with E-state index in [0.29, 0.717) is 35.3 Å². The number of nitrogens with zero attached hydrogens (tertiary/aromatic N) is 1. The zero-order valence-electron chi connectivity index (χ0n) is 9.80. The lowest BCUT2D eigenvalue weighted by atomic mass is 10.1. The van der Waals surface area contributed by atoms with E-state index in [9.17, 15) is 9.59 Å². The molecule has 1 atom stereocenters. The number of nitrogens with one attached hydrogen (secondary N) is 2. The Morgan fingerprint density at radius 3 is 2.78 bits per heavy atom. The van der Waals surface area contributed by atoms with Gasteiger partial charge in [0.25, 0.3) is 5.91 Å². The first-order chi connectivity index (χ1) is 8.49. The first kappa shape index (κ1) is 13.2. The summed E-state index contributed by atoms with van der Waals surface area (Å²) in [5, 5.41) is 6.23. The van der Waals surface area contributed by atoms with Crippen LogP contribution >= 0.6 is 23.2 Å². The Kier molecular flexibility index (Phi) is 3.82. The van der Waals surface area contributed by atoms with Gasteiger partial charge in [-0.3, -0.25) is 9.59 Å². The molecule has 0 bridgehead atoms. The Morgan fingerprint density at radius 2 is 2.28 bits per heavy atom. The Labute approximate surface area is 114 Å². The lowest BCUT2D eigenvalue weighted by Gasteiger charge is -2.23. The summed E-state index contributed by atoms with van der Waals surface area (Å²) in [5.41, 5.74) is 0.405. The molecule has 1 aliphatic rings. The maximum absolute atomic E-state index is 12.0. The van der Waals surface area contributed by atoms with Crippen molar-refractivity contribution in [3.05, 3.63) is 21.9 Å². The Bertz CT molecular complexity index is 489. The second-order valence-electron chi connectivity index (χ2n) is 4.24. The van der Waals surface area contributed by atoms with Crippen molar-refractivity contribution in [3.8, 4) is 0 Å². The van der Waals surface area contributed by atoms with Gasteiger partial charge in [0, 0.05) is 26.1 Å². The summed E-state index contributed by atoms with van der Waals surface area (Å²) in [6, 6.07) is 1.48. The molecule has 98 valence electrons. The summed E-state index contributed by atoms with van der Waals surface area (Å²) < 4.78 is 1.53. The van der Waals surface area contributed by atoms with Crippen molar-refractivity contribution in [1.29, 1.82) is 0 Å². The largest absolute Gasteiger partial charge is 0.354 e. The molecular weight excluding hydrogens is 277 g/mol. The van der Waals surface area contributed by atoms with E-state index in [-0.39, 0.29) is 17.9 Å². The second kappa shape index (κ2) is 5.20. The molecule has 0 aromatic carbocycles. The smallest absolute Gasteiger partial charge is 0.268 e. The van der Waals surface area contributed by atoms with Crippen LogP contribution in [0.4, 0.5) is 0 Å². The molecule has 2 N–H and O–H groups in total. The minimum atomic E-state index is -0.243. The van der Waals surface area contributed by atoms with Crippen molar-refractivity contribution in [2.75, 3.05) is 6.54 Å². The van der Waals surface area contributed by atoms with Crippen LogP contribution in [0.25, 0.3) is 0 Å². The molecule has 1 aromatic heterocycles. The van der Waals surface area contributed by atoms with Gasteiger partial charge in [-0.05, 0) is 12.5 Å². The van der Waals surface area contributed by atoms with E-state index < -0.39 is 0 Å². The van der Waals surface area contributed by atoms with E-state index in [2.05, 4.69) is 10.6 Å². The number of amides is 2. The van der Waals surface area contributed by atoms with Gasteiger partial charge in [0.15, 0.2) is 0 Å². The van der Waals surface area contributed by atoms with E-state index in [1.807, 2.05) is 0 Å². The van der Waals surface area contributed by atoms with E-state index in [0.717, 1.165) is 0 Å². The molecule has 2 rings (SSSR count). The van der Waals surface area contributed by atoms with Gasteiger partial charge in [-0.1, -0.05) is 23.2 Å². The molecular formula is C11H13Cl2N3O2. The molecule has 2 amide bonds. The highest BCUT2D eigenvalue weighted by atomic mass is 35.5. The first-order valence-corrected chi connectivity index (χ1v) is 6.33. The number of halogens is 2. The van der Waals surface area contributed by atoms with Crippen molar-refractivity contribution in [2.45, 2.75) is 18.9 Å².